The van der Waals surface area contributed by atoms with Crippen LogP contribution in [0.3, 0.4) is 0 Å². The minimum Gasteiger partial charge on any atom is -0.472 e. The lowest BCUT2D eigenvalue weighted by atomic mass is 10.3. The molecule has 0 atom stereocenters. The van der Waals surface area contributed by atoms with Gasteiger partial charge >= 0.3 is 0 Å². The Morgan fingerprint density at radius 3 is 3.00 bits per heavy atom. The lowest BCUT2D eigenvalue weighted by molar-refractivity contribution is 0.310. The van der Waals surface area contributed by atoms with Crippen molar-refractivity contribution in [3.05, 3.63) is 41.4 Å². The highest BCUT2D eigenvalue weighted by molar-refractivity contribution is 7.16. The minimum atomic E-state index is 0.647. The van der Waals surface area contributed by atoms with E-state index in [0.29, 0.717) is 12.4 Å². The highest BCUT2D eigenvalue weighted by atomic mass is 32.1. The molecule has 0 fully saturated rings. The van der Waals surface area contributed by atoms with E-state index >= 15 is 0 Å². The normalized spacial score (nSPS) is 11.3. The zero-order valence-corrected chi connectivity index (χ0v) is 11.9. The zero-order chi connectivity index (χ0) is 13.9. The van der Waals surface area contributed by atoms with Gasteiger partial charge in [0.15, 0.2) is 5.82 Å². The molecule has 3 heterocycles. The molecule has 0 saturated heterocycles. The van der Waals surface area contributed by atoms with Crippen LogP contribution in [0.1, 0.15) is 11.4 Å². The van der Waals surface area contributed by atoms with Crippen molar-refractivity contribution in [3.63, 3.8) is 0 Å². The molecule has 20 heavy (non-hydrogen) atoms. The molecule has 0 aliphatic carbocycles. The molecule has 0 aromatic carbocycles. The molecule has 3 rings (SSSR count). The fourth-order valence-corrected chi connectivity index (χ4v) is 2.85. The third-order valence-electron chi connectivity index (χ3n) is 2.95. The van der Waals surface area contributed by atoms with Gasteiger partial charge in [-0.1, -0.05) is 0 Å². The summed E-state index contributed by atoms with van der Waals surface area (Å²) in [7, 11) is 2.02. The Morgan fingerprint density at radius 1 is 1.35 bits per heavy atom. The predicted octanol–water partition coefficient (Wildman–Crippen LogP) is 2.20. The predicted molar refractivity (Wildman–Crippen MR) is 79.1 cm³/mol. The smallest absolute Gasteiger partial charge is 0.152 e. The second kappa shape index (κ2) is 5.58. The fourth-order valence-electron chi connectivity index (χ4n) is 2.07. The first-order valence-corrected chi connectivity index (χ1v) is 7.04. The van der Waals surface area contributed by atoms with E-state index < -0.39 is 0 Å². The molecule has 0 amide bonds. The number of fused-ring (bicyclic) bond motifs is 1. The Hall–Kier alpha value is -1.96. The van der Waals surface area contributed by atoms with Gasteiger partial charge < -0.3 is 9.84 Å². The van der Waals surface area contributed by atoms with E-state index in [0.717, 1.165) is 28.1 Å². The summed E-state index contributed by atoms with van der Waals surface area (Å²) in [5.74, 6) is 6.94. The number of hydrogen-bond acceptors (Lipinski definition) is 7. The molecule has 0 spiro atoms. The SMILES string of the molecule is CN(Cc1ccoc1)Cc1nc(NN)c2ccsc2n1. The van der Waals surface area contributed by atoms with Gasteiger partial charge in [-0.2, -0.15) is 0 Å². The van der Waals surface area contributed by atoms with E-state index in [2.05, 4.69) is 20.3 Å². The van der Waals surface area contributed by atoms with Gasteiger partial charge in [-0.15, -0.1) is 11.3 Å². The summed E-state index contributed by atoms with van der Waals surface area (Å²) in [6, 6.07) is 3.92. The number of hydrogen-bond donors (Lipinski definition) is 2. The molecule has 0 aliphatic heterocycles. The van der Waals surface area contributed by atoms with Gasteiger partial charge in [0, 0.05) is 12.1 Å². The van der Waals surface area contributed by atoms with Gasteiger partial charge in [0.25, 0.3) is 0 Å². The Balaban J connectivity index is 1.79. The lowest BCUT2D eigenvalue weighted by Gasteiger charge is -2.15. The monoisotopic (exact) mass is 289 g/mol. The van der Waals surface area contributed by atoms with Crippen LogP contribution in [-0.4, -0.2) is 21.9 Å². The molecule has 6 nitrogen and oxygen atoms in total. The van der Waals surface area contributed by atoms with E-state index in [4.69, 9.17) is 10.3 Å². The van der Waals surface area contributed by atoms with Gasteiger partial charge in [0.05, 0.1) is 24.5 Å². The van der Waals surface area contributed by atoms with Crippen LogP contribution in [0, 0.1) is 0 Å². The van der Waals surface area contributed by atoms with Crippen molar-refractivity contribution < 1.29 is 4.42 Å². The highest BCUT2D eigenvalue weighted by Gasteiger charge is 2.10. The average Bonchev–Trinajstić information content (AvgIpc) is 3.08. The quantitative estimate of drug-likeness (QED) is 0.553. The molecule has 0 aliphatic rings. The first-order valence-electron chi connectivity index (χ1n) is 6.16. The van der Waals surface area contributed by atoms with Crippen molar-refractivity contribution in [2.45, 2.75) is 13.1 Å². The summed E-state index contributed by atoms with van der Waals surface area (Å²) in [4.78, 5) is 12.1. The van der Waals surface area contributed by atoms with Gasteiger partial charge in [-0.05, 0) is 24.6 Å². The molecular weight excluding hydrogens is 274 g/mol. The molecule has 7 heteroatoms. The minimum absolute atomic E-state index is 0.647. The molecule has 0 unspecified atom stereocenters. The maximum Gasteiger partial charge on any atom is 0.152 e. The Morgan fingerprint density at radius 2 is 2.25 bits per heavy atom. The van der Waals surface area contributed by atoms with Crippen LogP contribution in [0.15, 0.2) is 34.5 Å². The second-order valence-corrected chi connectivity index (χ2v) is 5.47. The number of nitrogens with one attached hydrogen (secondary N) is 1. The van der Waals surface area contributed by atoms with E-state index in [-0.39, 0.29) is 0 Å². The van der Waals surface area contributed by atoms with Crippen LogP contribution in [0.2, 0.25) is 0 Å². The molecule has 104 valence electrons. The number of nitrogens with two attached hydrogens (primary N) is 1. The van der Waals surface area contributed by atoms with Gasteiger partial charge in [-0.3, -0.25) is 4.90 Å². The Bertz CT molecular complexity index is 694. The van der Waals surface area contributed by atoms with Crippen molar-refractivity contribution in [2.75, 3.05) is 12.5 Å². The van der Waals surface area contributed by atoms with Gasteiger partial charge in [0.1, 0.15) is 10.7 Å². The number of nitrogens with zero attached hydrogens (tertiary/aromatic N) is 3. The number of furan rings is 1. The Kier molecular flexibility index (Phi) is 3.64. The number of thiophene rings is 1. The maximum absolute atomic E-state index is 5.52. The number of hydrazine groups is 1. The van der Waals surface area contributed by atoms with Crippen LogP contribution >= 0.6 is 11.3 Å². The van der Waals surface area contributed by atoms with Crippen molar-refractivity contribution in [1.82, 2.24) is 14.9 Å². The van der Waals surface area contributed by atoms with E-state index in [1.54, 1.807) is 23.9 Å². The Labute approximate surface area is 120 Å². The van der Waals surface area contributed by atoms with Crippen molar-refractivity contribution in [2.24, 2.45) is 5.84 Å². The first kappa shape index (κ1) is 13.0. The summed E-state index contributed by atoms with van der Waals surface area (Å²) >= 11 is 1.58. The third kappa shape index (κ3) is 2.64. The number of nitrogen functional groups attached to an aromatic ring is 1. The zero-order valence-electron chi connectivity index (χ0n) is 11.0. The molecule has 0 bridgehead atoms. The molecule has 3 N–H and O–H groups in total. The summed E-state index contributed by atoms with van der Waals surface area (Å²) in [5, 5.41) is 2.94. The van der Waals surface area contributed by atoms with Crippen LogP contribution in [0.5, 0.6) is 0 Å². The third-order valence-corrected chi connectivity index (χ3v) is 3.76. The van der Waals surface area contributed by atoms with Gasteiger partial charge in [-0.25, -0.2) is 15.8 Å². The van der Waals surface area contributed by atoms with E-state index in [9.17, 15) is 0 Å². The topological polar surface area (TPSA) is 80.2 Å². The van der Waals surface area contributed by atoms with Crippen LogP contribution in [0.4, 0.5) is 5.82 Å². The van der Waals surface area contributed by atoms with Gasteiger partial charge in [0.2, 0.25) is 0 Å². The number of aromatic nitrogens is 2. The lowest BCUT2D eigenvalue weighted by Crippen LogP contribution is -2.19. The maximum atomic E-state index is 5.52. The summed E-state index contributed by atoms with van der Waals surface area (Å²) in [6.45, 7) is 1.43. The van der Waals surface area contributed by atoms with Crippen LogP contribution < -0.4 is 11.3 Å². The molecule has 3 aromatic heterocycles. The molecule has 0 radical (unpaired) electrons. The highest BCUT2D eigenvalue weighted by Crippen LogP contribution is 2.24. The first-order chi connectivity index (χ1) is 9.76. The molecular formula is C13H15N5OS. The van der Waals surface area contributed by atoms with Crippen molar-refractivity contribution in [1.29, 1.82) is 0 Å². The number of anilines is 1. The second-order valence-electron chi connectivity index (χ2n) is 4.58. The number of rotatable bonds is 5. The largest absolute Gasteiger partial charge is 0.472 e. The van der Waals surface area contributed by atoms with Crippen LogP contribution in [0.25, 0.3) is 10.2 Å². The van der Waals surface area contributed by atoms with Crippen molar-refractivity contribution >= 4 is 27.4 Å². The van der Waals surface area contributed by atoms with Crippen molar-refractivity contribution in [3.8, 4) is 0 Å². The van der Waals surface area contributed by atoms with E-state index in [1.165, 1.54) is 0 Å². The standard InChI is InChI=1S/C13H15N5OS/c1-18(6-9-2-4-19-8-9)7-11-15-12(17-14)10-3-5-20-13(10)16-11/h2-5,8H,6-7,14H2,1H3,(H,15,16,17). The molecule has 0 saturated carbocycles. The summed E-state index contributed by atoms with van der Waals surface area (Å²) in [5.41, 5.74) is 3.76. The fraction of sp³-hybridized carbons (Fsp3) is 0.231. The van der Waals surface area contributed by atoms with E-state index in [1.807, 2.05) is 24.6 Å². The summed E-state index contributed by atoms with van der Waals surface area (Å²) in [6.07, 6.45) is 3.42. The average molecular weight is 289 g/mol. The summed E-state index contributed by atoms with van der Waals surface area (Å²) < 4.78 is 5.07. The molecule has 3 aromatic rings. The van der Waals surface area contributed by atoms with Crippen LogP contribution in [-0.2, 0) is 13.1 Å².